The molecule has 2 heteroatoms. The molecular weight excluding hydrogens is 208 g/mol. The Labute approximate surface area is 94.8 Å². The van der Waals surface area contributed by atoms with Gasteiger partial charge in [-0.25, -0.2) is 0 Å². The minimum Gasteiger partial charge on any atom is -0.299 e. The zero-order valence-corrected chi connectivity index (χ0v) is 9.26. The van der Waals surface area contributed by atoms with E-state index in [1.807, 2.05) is 24.3 Å². The Morgan fingerprint density at radius 3 is 2.67 bits per heavy atom. The van der Waals surface area contributed by atoms with Gasteiger partial charge in [-0.1, -0.05) is 41.4 Å². The van der Waals surface area contributed by atoms with E-state index in [1.165, 1.54) is 5.57 Å². The summed E-state index contributed by atoms with van der Waals surface area (Å²) in [5, 5.41) is 0.815. The summed E-state index contributed by atoms with van der Waals surface area (Å²) in [7, 11) is 0. The van der Waals surface area contributed by atoms with Gasteiger partial charge in [-0.3, -0.25) is 4.79 Å². The quantitative estimate of drug-likeness (QED) is 0.697. The number of rotatable bonds is 2. The van der Waals surface area contributed by atoms with Crippen molar-refractivity contribution in [3.63, 3.8) is 0 Å². The highest BCUT2D eigenvalue weighted by molar-refractivity contribution is 6.31. The van der Waals surface area contributed by atoms with E-state index in [4.69, 9.17) is 11.6 Å². The number of ketones is 1. The van der Waals surface area contributed by atoms with Crippen molar-refractivity contribution in [3.8, 4) is 0 Å². The number of halogens is 1. The number of hydrogen-bond donors (Lipinski definition) is 0. The van der Waals surface area contributed by atoms with Crippen LogP contribution in [0.5, 0.6) is 0 Å². The van der Waals surface area contributed by atoms with Crippen molar-refractivity contribution in [2.24, 2.45) is 0 Å². The standard InChI is InChI=1S/C13H13ClO/c14-13-4-2-1-3-11(13)9-10-5-7-12(15)8-6-10/h1-5H,6-9H2. The van der Waals surface area contributed by atoms with Crippen molar-refractivity contribution in [2.75, 3.05) is 0 Å². The Bertz CT molecular complexity index is 407. The summed E-state index contributed by atoms with van der Waals surface area (Å²) < 4.78 is 0. The summed E-state index contributed by atoms with van der Waals surface area (Å²) in [6, 6.07) is 7.88. The van der Waals surface area contributed by atoms with Crippen LogP contribution in [0.4, 0.5) is 0 Å². The molecular formula is C13H13ClO. The molecule has 1 nitrogen and oxygen atoms in total. The zero-order chi connectivity index (χ0) is 10.7. The number of carbonyl (C=O) groups is 1. The van der Waals surface area contributed by atoms with E-state index < -0.39 is 0 Å². The number of allylic oxidation sites excluding steroid dienone is 2. The zero-order valence-electron chi connectivity index (χ0n) is 8.50. The van der Waals surface area contributed by atoms with Gasteiger partial charge < -0.3 is 0 Å². The van der Waals surface area contributed by atoms with Crippen LogP contribution in [0.3, 0.4) is 0 Å². The van der Waals surface area contributed by atoms with Crippen LogP contribution in [0.2, 0.25) is 5.02 Å². The van der Waals surface area contributed by atoms with E-state index in [-0.39, 0.29) is 0 Å². The molecule has 0 amide bonds. The summed E-state index contributed by atoms with van der Waals surface area (Å²) in [6.45, 7) is 0. The maximum atomic E-state index is 11.1. The molecule has 0 atom stereocenters. The maximum Gasteiger partial charge on any atom is 0.136 e. The number of carbonyl (C=O) groups excluding carboxylic acids is 1. The third-order valence-electron chi connectivity index (χ3n) is 2.72. The summed E-state index contributed by atoms with van der Waals surface area (Å²) in [4.78, 5) is 11.1. The first-order valence-electron chi connectivity index (χ1n) is 5.19. The van der Waals surface area contributed by atoms with Crippen LogP contribution in [-0.4, -0.2) is 5.78 Å². The molecule has 0 saturated heterocycles. The van der Waals surface area contributed by atoms with Crippen LogP contribution in [-0.2, 0) is 11.2 Å². The Kier molecular flexibility index (Phi) is 3.22. The van der Waals surface area contributed by atoms with Gasteiger partial charge in [-0.15, -0.1) is 0 Å². The largest absolute Gasteiger partial charge is 0.299 e. The molecule has 0 aromatic heterocycles. The molecule has 0 unspecified atom stereocenters. The molecule has 2 rings (SSSR count). The normalized spacial score (nSPS) is 16.3. The van der Waals surface area contributed by atoms with Crippen molar-refractivity contribution < 1.29 is 4.79 Å². The SMILES string of the molecule is O=C1CC=C(Cc2ccccc2Cl)CC1. The average molecular weight is 221 g/mol. The first kappa shape index (κ1) is 10.4. The van der Waals surface area contributed by atoms with Gasteiger partial charge >= 0.3 is 0 Å². The fourth-order valence-corrected chi connectivity index (χ4v) is 2.01. The minimum absolute atomic E-state index is 0.345. The number of benzene rings is 1. The predicted molar refractivity (Wildman–Crippen MR) is 62.1 cm³/mol. The summed E-state index contributed by atoms with van der Waals surface area (Å²) >= 11 is 6.08. The molecule has 1 aliphatic carbocycles. The highest BCUT2D eigenvalue weighted by atomic mass is 35.5. The Morgan fingerprint density at radius 1 is 1.20 bits per heavy atom. The van der Waals surface area contributed by atoms with Crippen molar-refractivity contribution in [1.82, 2.24) is 0 Å². The van der Waals surface area contributed by atoms with Crippen molar-refractivity contribution in [1.29, 1.82) is 0 Å². The third kappa shape index (κ3) is 2.69. The summed E-state index contributed by atoms with van der Waals surface area (Å²) in [5.41, 5.74) is 2.49. The van der Waals surface area contributed by atoms with E-state index in [2.05, 4.69) is 6.08 Å². The molecule has 0 heterocycles. The molecule has 1 aromatic carbocycles. The van der Waals surface area contributed by atoms with E-state index in [1.54, 1.807) is 0 Å². The van der Waals surface area contributed by atoms with Gasteiger partial charge in [0.05, 0.1) is 0 Å². The Hall–Kier alpha value is -1.08. The van der Waals surface area contributed by atoms with E-state index in [0.29, 0.717) is 18.6 Å². The number of Topliss-reactive ketones (excluding diaryl/α,β-unsaturated/α-hetero) is 1. The Balaban J connectivity index is 2.10. The van der Waals surface area contributed by atoms with Gasteiger partial charge in [0.25, 0.3) is 0 Å². The topological polar surface area (TPSA) is 17.1 Å². The fraction of sp³-hybridized carbons (Fsp3) is 0.308. The first-order chi connectivity index (χ1) is 7.25. The number of hydrogen-bond acceptors (Lipinski definition) is 1. The maximum absolute atomic E-state index is 11.1. The second-order valence-corrected chi connectivity index (χ2v) is 4.28. The minimum atomic E-state index is 0.345. The van der Waals surface area contributed by atoms with Crippen LogP contribution in [0, 0.1) is 0 Å². The molecule has 0 aliphatic heterocycles. The van der Waals surface area contributed by atoms with Gasteiger partial charge in [-0.2, -0.15) is 0 Å². The van der Waals surface area contributed by atoms with Crippen LogP contribution in [0.1, 0.15) is 24.8 Å². The molecule has 0 spiro atoms. The average Bonchev–Trinajstić information content (AvgIpc) is 2.25. The highest BCUT2D eigenvalue weighted by Crippen LogP contribution is 2.23. The lowest BCUT2D eigenvalue weighted by atomic mass is 9.93. The monoisotopic (exact) mass is 220 g/mol. The van der Waals surface area contributed by atoms with Gasteiger partial charge in [0.15, 0.2) is 0 Å². The molecule has 1 aliphatic rings. The molecule has 1 aromatic rings. The van der Waals surface area contributed by atoms with Crippen LogP contribution < -0.4 is 0 Å². The molecule has 0 radical (unpaired) electrons. The smallest absolute Gasteiger partial charge is 0.136 e. The third-order valence-corrected chi connectivity index (χ3v) is 3.09. The molecule has 0 N–H and O–H groups in total. The molecule has 0 saturated carbocycles. The first-order valence-corrected chi connectivity index (χ1v) is 5.56. The summed E-state index contributed by atoms with van der Waals surface area (Å²) in [6.07, 6.45) is 5.11. The van der Waals surface area contributed by atoms with Gasteiger partial charge in [-0.05, 0) is 24.5 Å². The lowest BCUT2D eigenvalue weighted by Crippen LogP contribution is -2.05. The van der Waals surface area contributed by atoms with E-state index in [9.17, 15) is 4.79 Å². The summed E-state index contributed by atoms with van der Waals surface area (Å²) in [5.74, 6) is 0.345. The van der Waals surface area contributed by atoms with Crippen molar-refractivity contribution in [3.05, 3.63) is 46.5 Å². The highest BCUT2D eigenvalue weighted by Gasteiger charge is 2.11. The molecule has 78 valence electrons. The van der Waals surface area contributed by atoms with Gasteiger partial charge in [0.1, 0.15) is 5.78 Å². The van der Waals surface area contributed by atoms with Crippen molar-refractivity contribution in [2.45, 2.75) is 25.7 Å². The predicted octanol–water partition coefficient (Wildman–Crippen LogP) is 3.56. The van der Waals surface area contributed by atoms with E-state index >= 15 is 0 Å². The van der Waals surface area contributed by atoms with Gasteiger partial charge in [0, 0.05) is 17.9 Å². The lowest BCUT2D eigenvalue weighted by molar-refractivity contribution is -0.118. The van der Waals surface area contributed by atoms with E-state index in [0.717, 1.165) is 23.4 Å². The molecule has 0 fully saturated rings. The second-order valence-electron chi connectivity index (χ2n) is 3.87. The fourth-order valence-electron chi connectivity index (χ4n) is 1.81. The van der Waals surface area contributed by atoms with Crippen LogP contribution >= 0.6 is 11.6 Å². The second kappa shape index (κ2) is 4.63. The Morgan fingerprint density at radius 2 is 2.00 bits per heavy atom. The van der Waals surface area contributed by atoms with Crippen LogP contribution in [0.15, 0.2) is 35.9 Å². The van der Waals surface area contributed by atoms with Gasteiger partial charge in [0.2, 0.25) is 0 Å². The molecule has 15 heavy (non-hydrogen) atoms. The molecule has 0 bridgehead atoms. The van der Waals surface area contributed by atoms with Crippen molar-refractivity contribution >= 4 is 17.4 Å². The van der Waals surface area contributed by atoms with Crippen LogP contribution in [0.25, 0.3) is 0 Å². The lowest BCUT2D eigenvalue weighted by Gasteiger charge is -2.12.